The van der Waals surface area contributed by atoms with Gasteiger partial charge in [0.1, 0.15) is 11.1 Å². The van der Waals surface area contributed by atoms with Crippen LogP contribution in [-0.4, -0.2) is 22.1 Å². The molecule has 1 N–H and O–H groups in total. The fourth-order valence-corrected chi connectivity index (χ4v) is 3.81. The van der Waals surface area contributed by atoms with Gasteiger partial charge in [-0.25, -0.2) is 4.98 Å². The summed E-state index contributed by atoms with van der Waals surface area (Å²) in [5.41, 5.74) is 1.21. The number of hydrogen-bond donors (Lipinski definition) is 1. The summed E-state index contributed by atoms with van der Waals surface area (Å²) in [4.78, 5) is 14.9. The summed E-state index contributed by atoms with van der Waals surface area (Å²) in [7, 11) is 1.28. The maximum atomic E-state index is 11.2. The predicted molar refractivity (Wildman–Crippen MR) is 112 cm³/mol. The van der Waals surface area contributed by atoms with E-state index in [1.165, 1.54) is 30.6 Å². The number of benzene rings is 2. The van der Waals surface area contributed by atoms with Crippen LogP contribution in [0, 0.1) is 21.4 Å². The molecule has 0 bridgehead atoms. The third-order valence-corrected chi connectivity index (χ3v) is 5.29. The Morgan fingerprint density at radius 1 is 1.38 bits per heavy atom. The lowest BCUT2D eigenvalue weighted by Crippen LogP contribution is -1.93. The number of nitriles is 1. The normalized spacial score (nSPS) is 11.2. The number of nitro benzene ring substituents is 1. The Kier molecular flexibility index (Phi) is 6.03. The van der Waals surface area contributed by atoms with Crippen LogP contribution in [0.25, 0.3) is 22.9 Å². The Labute approximate surface area is 179 Å². The zero-order valence-electron chi connectivity index (χ0n) is 14.7. The highest BCUT2D eigenvalue weighted by atomic mass is 35.5. The molecule has 29 heavy (non-hydrogen) atoms. The van der Waals surface area contributed by atoms with E-state index in [0.717, 1.165) is 6.07 Å². The van der Waals surface area contributed by atoms with Gasteiger partial charge in [-0.2, -0.15) is 5.26 Å². The van der Waals surface area contributed by atoms with E-state index >= 15 is 0 Å². The van der Waals surface area contributed by atoms with Gasteiger partial charge in [0.15, 0.2) is 5.75 Å². The molecule has 3 rings (SSSR count). The molecule has 2 aromatic carbocycles. The molecule has 0 saturated heterocycles. The van der Waals surface area contributed by atoms with Crippen molar-refractivity contribution in [2.75, 3.05) is 7.11 Å². The number of nitrogens with zero attached hydrogens (tertiary/aromatic N) is 3. The quantitative estimate of drug-likeness (QED) is 0.300. The molecule has 0 atom stereocenters. The van der Waals surface area contributed by atoms with Crippen molar-refractivity contribution >= 4 is 51.9 Å². The Morgan fingerprint density at radius 3 is 2.76 bits per heavy atom. The van der Waals surface area contributed by atoms with Crippen LogP contribution in [0.4, 0.5) is 5.69 Å². The summed E-state index contributed by atoms with van der Waals surface area (Å²) in [6.07, 6.45) is 1.43. The van der Waals surface area contributed by atoms with Gasteiger partial charge >= 0.3 is 5.69 Å². The number of aromatic nitrogens is 1. The third kappa shape index (κ3) is 4.32. The van der Waals surface area contributed by atoms with Crippen LogP contribution in [0.15, 0.2) is 35.7 Å². The number of aromatic hydroxyl groups is 1. The Hall–Kier alpha value is -3.12. The van der Waals surface area contributed by atoms with Gasteiger partial charge in [0, 0.05) is 22.0 Å². The van der Waals surface area contributed by atoms with E-state index in [4.69, 9.17) is 27.9 Å². The second kappa shape index (κ2) is 8.49. The third-order valence-electron chi connectivity index (χ3n) is 3.87. The molecule has 10 heteroatoms. The van der Waals surface area contributed by atoms with Gasteiger partial charge in [0.25, 0.3) is 0 Å². The summed E-state index contributed by atoms with van der Waals surface area (Å²) in [6, 6.07) is 9.60. The number of phenolic OH excluding ortho intramolecular Hbond substituents is 1. The van der Waals surface area contributed by atoms with Crippen LogP contribution in [0.5, 0.6) is 11.5 Å². The number of ether oxygens (including phenoxy) is 1. The molecule has 3 aromatic rings. The molecule has 0 fully saturated rings. The first-order chi connectivity index (χ1) is 13.8. The number of halogens is 2. The standard InChI is InChI=1S/C19H11Cl2N3O4S/c1-28-17-6-10(5-16(18(17)25)24(26)27)4-11(8-22)19-23-15(9-29-19)13-3-2-12(20)7-14(13)21/h2-7,9,25H,1H3. The number of nitro groups is 1. The predicted octanol–water partition coefficient (Wildman–Crippen LogP) is 5.80. The zero-order valence-corrected chi connectivity index (χ0v) is 17.0. The molecule has 1 aromatic heterocycles. The second-order valence-corrected chi connectivity index (χ2v) is 7.38. The zero-order chi connectivity index (χ0) is 21.1. The Bertz CT molecular complexity index is 1180. The van der Waals surface area contributed by atoms with E-state index in [1.807, 2.05) is 6.07 Å². The van der Waals surface area contributed by atoms with Gasteiger partial charge < -0.3 is 9.84 Å². The van der Waals surface area contributed by atoms with Crippen molar-refractivity contribution in [2.45, 2.75) is 0 Å². The lowest BCUT2D eigenvalue weighted by molar-refractivity contribution is -0.386. The van der Waals surface area contributed by atoms with Crippen LogP contribution in [0.3, 0.4) is 0 Å². The Morgan fingerprint density at radius 2 is 2.14 bits per heavy atom. The molecule has 0 spiro atoms. The van der Waals surface area contributed by atoms with Crippen LogP contribution < -0.4 is 4.74 Å². The number of thiazole rings is 1. The molecular formula is C19H11Cl2N3O4S. The first kappa shape index (κ1) is 20.6. The van der Waals surface area contributed by atoms with Crippen molar-refractivity contribution in [2.24, 2.45) is 0 Å². The minimum absolute atomic E-state index is 0.0736. The largest absolute Gasteiger partial charge is 0.500 e. The molecule has 0 amide bonds. The summed E-state index contributed by atoms with van der Waals surface area (Å²) in [5, 5.41) is 33.7. The van der Waals surface area contributed by atoms with E-state index in [2.05, 4.69) is 4.98 Å². The van der Waals surface area contributed by atoms with E-state index in [1.54, 1.807) is 23.6 Å². The van der Waals surface area contributed by atoms with Gasteiger partial charge in [-0.3, -0.25) is 10.1 Å². The van der Waals surface area contributed by atoms with Crippen molar-refractivity contribution in [3.05, 3.63) is 66.4 Å². The van der Waals surface area contributed by atoms with E-state index in [9.17, 15) is 20.5 Å². The van der Waals surface area contributed by atoms with Crippen molar-refractivity contribution in [1.82, 2.24) is 4.98 Å². The first-order valence-corrected chi connectivity index (χ1v) is 9.56. The average molecular weight is 448 g/mol. The maximum Gasteiger partial charge on any atom is 0.315 e. The molecule has 146 valence electrons. The second-order valence-electron chi connectivity index (χ2n) is 5.68. The summed E-state index contributed by atoms with van der Waals surface area (Å²) >= 11 is 13.3. The van der Waals surface area contributed by atoms with Gasteiger partial charge in [0.2, 0.25) is 5.75 Å². The molecule has 0 saturated carbocycles. The van der Waals surface area contributed by atoms with Crippen LogP contribution in [0.2, 0.25) is 10.0 Å². The monoisotopic (exact) mass is 447 g/mol. The number of phenols is 1. The van der Waals surface area contributed by atoms with Crippen LogP contribution >= 0.6 is 34.5 Å². The van der Waals surface area contributed by atoms with Crippen LogP contribution in [0.1, 0.15) is 10.6 Å². The number of rotatable bonds is 5. The molecule has 0 aliphatic rings. The van der Waals surface area contributed by atoms with Crippen molar-refractivity contribution in [1.29, 1.82) is 5.26 Å². The van der Waals surface area contributed by atoms with Crippen molar-refractivity contribution < 1.29 is 14.8 Å². The molecule has 0 aliphatic heterocycles. The SMILES string of the molecule is COc1cc(C=C(C#N)c2nc(-c3ccc(Cl)cc3Cl)cs2)cc([N+](=O)[O-])c1O. The highest BCUT2D eigenvalue weighted by molar-refractivity contribution is 7.11. The molecule has 0 aliphatic carbocycles. The lowest BCUT2D eigenvalue weighted by Gasteiger charge is -2.05. The van der Waals surface area contributed by atoms with Gasteiger partial charge in [0.05, 0.1) is 28.3 Å². The molecule has 0 unspecified atom stereocenters. The number of methoxy groups -OCH3 is 1. The fourth-order valence-electron chi connectivity index (χ4n) is 2.52. The molecular weight excluding hydrogens is 437 g/mol. The van der Waals surface area contributed by atoms with Gasteiger partial charge in [-0.1, -0.05) is 23.2 Å². The first-order valence-electron chi connectivity index (χ1n) is 7.92. The molecule has 0 radical (unpaired) electrons. The van der Waals surface area contributed by atoms with Gasteiger partial charge in [-0.05, 0) is 35.9 Å². The van der Waals surface area contributed by atoms with E-state index in [-0.39, 0.29) is 11.3 Å². The summed E-state index contributed by atoms with van der Waals surface area (Å²) in [6.45, 7) is 0. The summed E-state index contributed by atoms with van der Waals surface area (Å²) < 4.78 is 4.98. The number of allylic oxidation sites excluding steroid dienone is 1. The minimum Gasteiger partial charge on any atom is -0.500 e. The fraction of sp³-hybridized carbons (Fsp3) is 0.0526. The number of hydrogen-bond acceptors (Lipinski definition) is 7. The Balaban J connectivity index is 2.04. The van der Waals surface area contributed by atoms with Crippen molar-refractivity contribution in [3.8, 4) is 28.8 Å². The lowest BCUT2D eigenvalue weighted by atomic mass is 10.1. The highest BCUT2D eigenvalue weighted by Gasteiger charge is 2.20. The molecule has 1 heterocycles. The van der Waals surface area contributed by atoms with Crippen molar-refractivity contribution in [3.63, 3.8) is 0 Å². The average Bonchev–Trinajstić information content (AvgIpc) is 3.16. The summed E-state index contributed by atoms with van der Waals surface area (Å²) in [5.74, 6) is -0.655. The molecule has 7 nitrogen and oxygen atoms in total. The maximum absolute atomic E-state index is 11.2. The van der Waals surface area contributed by atoms with Crippen LogP contribution in [-0.2, 0) is 0 Å². The minimum atomic E-state index is -0.731. The van der Waals surface area contributed by atoms with E-state index < -0.39 is 16.4 Å². The topological polar surface area (TPSA) is 109 Å². The smallest absolute Gasteiger partial charge is 0.315 e. The highest BCUT2D eigenvalue weighted by Crippen LogP contribution is 2.38. The van der Waals surface area contributed by atoms with E-state index in [0.29, 0.717) is 31.9 Å². The van der Waals surface area contributed by atoms with Gasteiger partial charge in [-0.15, -0.1) is 11.3 Å².